The fraction of sp³-hybridized carbons (Fsp3) is 0.542. The molecule has 34 heavy (non-hydrogen) atoms. The fourth-order valence-electron chi connectivity index (χ4n) is 5.02. The van der Waals surface area contributed by atoms with E-state index in [1.165, 1.54) is 12.8 Å². The van der Waals surface area contributed by atoms with Gasteiger partial charge in [-0.1, -0.05) is 24.1 Å². The minimum absolute atomic E-state index is 0.226. The van der Waals surface area contributed by atoms with E-state index in [1.807, 2.05) is 24.5 Å². The Bertz CT molecular complexity index is 1160. The summed E-state index contributed by atoms with van der Waals surface area (Å²) in [6.45, 7) is 1.90. The number of aromatic nitrogens is 4. The van der Waals surface area contributed by atoms with Gasteiger partial charge in [-0.2, -0.15) is 14.9 Å². The zero-order chi connectivity index (χ0) is 23.5. The van der Waals surface area contributed by atoms with Crippen LogP contribution in [0.25, 0.3) is 11.2 Å². The van der Waals surface area contributed by atoms with Crippen molar-refractivity contribution in [2.75, 3.05) is 37.5 Å². The van der Waals surface area contributed by atoms with E-state index in [9.17, 15) is 4.91 Å². The van der Waals surface area contributed by atoms with Crippen LogP contribution in [0.1, 0.15) is 50.1 Å². The molecule has 0 radical (unpaired) electrons. The van der Waals surface area contributed by atoms with Gasteiger partial charge in [0, 0.05) is 25.7 Å². The number of nitrogens with one attached hydrogen (secondary N) is 1. The zero-order valence-electron chi connectivity index (χ0n) is 19.7. The summed E-state index contributed by atoms with van der Waals surface area (Å²) in [5.74, 6) is 2.68. The highest BCUT2D eigenvalue weighted by Crippen LogP contribution is 2.34. The van der Waals surface area contributed by atoms with Gasteiger partial charge in [0.05, 0.1) is 20.5 Å². The third-order valence-corrected chi connectivity index (χ3v) is 6.86. The van der Waals surface area contributed by atoms with E-state index in [0.29, 0.717) is 42.4 Å². The Morgan fingerprint density at radius 2 is 1.91 bits per heavy atom. The molecule has 10 heteroatoms. The zero-order valence-corrected chi connectivity index (χ0v) is 19.7. The summed E-state index contributed by atoms with van der Waals surface area (Å²) < 4.78 is 13.0. The molecule has 2 fully saturated rings. The number of anilines is 2. The maximum absolute atomic E-state index is 11.2. The van der Waals surface area contributed by atoms with Gasteiger partial charge in [-0.3, -0.25) is 0 Å². The lowest BCUT2D eigenvalue weighted by atomic mass is 10.1. The molecule has 1 N–H and O–H groups in total. The molecule has 1 saturated carbocycles. The molecule has 3 aromatic rings. The molecule has 1 atom stereocenters. The normalized spacial score (nSPS) is 18.9. The molecule has 1 saturated heterocycles. The SMILES string of the molecule is COc1ccc(CNc2nc(N3CCCC(N=O)C3)nc3c2ncn3C2CCCC2)cc1OC. The van der Waals surface area contributed by atoms with E-state index in [2.05, 4.69) is 20.0 Å². The monoisotopic (exact) mass is 465 g/mol. The Labute approximate surface area is 198 Å². The van der Waals surface area contributed by atoms with E-state index < -0.39 is 0 Å². The first-order valence-electron chi connectivity index (χ1n) is 12.0. The van der Waals surface area contributed by atoms with Crippen LogP contribution in [-0.2, 0) is 6.54 Å². The molecular weight excluding hydrogens is 434 g/mol. The molecule has 0 amide bonds. The number of hydrogen-bond donors (Lipinski definition) is 1. The largest absolute Gasteiger partial charge is 0.493 e. The van der Waals surface area contributed by atoms with E-state index in [-0.39, 0.29) is 6.04 Å². The number of fused-ring (bicyclic) bond motifs is 1. The van der Waals surface area contributed by atoms with E-state index in [4.69, 9.17) is 24.4 Å². The van der Waals surface area contributed by atoms with Crippen molar-refractivity contribution in [3.05, 3.63) is 35.0 Å². The van der Waals surface area contributed by atoms with Crippen LogP contribution in [0.15, 0.2) is 29.7 Å². The van der Waals surface area contributed by atoms with Crippen LogP contribution in [0.4, 0.5) is 11.8 Å². The number of rotatable bonds is 8. The molecule has 0 bridgehead atoms. The molecule has 1 aliphatic carbocycles. The molecule has 1 unspecified atom stereocenters. The van der Waals surface area contributed by atoms with Crippen LogP contribution in [-0.4, -0.2) is 52.9 Å². The summed E-state index contributed by atoms with van der Waals surface area (Å²) in [5.41, 5.74) is 2.63. The van der Waals surface area contributed by atoms with Gasteiger partial charge in [-0.15, -0.1) is 0 Å². The van der Waals surface area contributed by atoms with Crippen LogP contribution in [0.5, 0.6) is 11.5 Å². The van der Waals surface area contributed by atoms with Gasteiger partial charge >= 0.3 is 0 Å². The number of benzene rings is 1. The second-order valence-corrected chi connectivity index (χ2v) is 9.02. The molecular formula is C24H31N7O3. The third-order valence-electron chi connectivity index (χ3n) is 6.86. The second-order valence-electron chi connectivity index (χ2n) is 9.02. The van der Waals surface area contributed by atoms with Crippen LogP contribution >= 0.6 is 0 Å². The maximum atomic E-state index is 11.2. The highest BCUT2D eigenvalue weighted by Gasteiger charge is 2.26. The highest BCUT2D eigenvalue weighted by molar-refractivity contribution is 5.84. The number of piperidine rings is 1. The highest BCUT2D eigenvalue weighted by atomic mass is 16.5. The molecule has 0 spiro atoms. The van der Waals surface area contributed by atoms with Crippen molar-refractivity contribution in [3.63, 3.8) is 0 Å². The van der Waals surface area contributed by atoms with Gasteiger partial charge in [0.2, 0.25) is 5.95 Å². The van der Waals surface area contributed by atoms with E-state index >= 15 is 0 Å². The minimum atomic E-state index is -0.226. The Morgan fingerprint density at radius 1 is 1.09 bits per heavy atom. The second kappa shape index (κ2) is 9.82. The summed E-state index contributed by atoms with van der Waals surface area (Å²) in [4.78, 5) is 27.8. The van der Waals surface area contributed by atoms with Gasteiger partial charge in [-0.25, -0.2) is 4.98 Å². The van der Waals surface area contributed by atoms with Gasteiger partial charge < -0.3 is 24.3 Å². The number of ether oxygens (including phenoxy) is 2. The van der Waals surface area contributed by atoms with Crippen molar-refractivity contribution in [2.24, 2.45) is 5.18 Å². The average Bonchev–Trinajstić information content (AvgIpc) is 3.57. The Kier molecular flexibility index (Phi) is 6.46. The van der Waals surface area contributed by atoms with Crippen molar-refractivity contribution >= 4 is 22.9 Å². The lowest BCUT2D eigenvalue weighted by Gasteiger charge is -2.29. The minimum Gasteiger partial charge on any atom is -0.493 e. The van der Waals surface area contributed by atoms with Crippen LogP contribution in [0, 0.1) is 4.91 Å². The van der Waals surface area contributed by atoms with Crippen LogP contribution < -0.4 is 19.7 Å². The molecule has 1 aromatic carbocycles. The van der Waals surface area contributed by atoms with Crippen molar-refractivity contribution in [1.82, 2.24) is 19.5 Å². The van der Waals surface area contributed by atoms with Crippen molar-refractivity contribution in [3.8, 4) is 11.5 Å². The topological polar surface area (TPSA) is 107 Å². The molecule has 180 valence electrons. The third kappa shape index (κ3) is 4.36. The van der Waals surface area contributed by atoms with Gasteiger partial charge in [-0.05, 0) is 43.4 Å². The molecule has 1 aliphatic heterocycles. The molecule has 3 heterocycles. The first kappa shape index (κ1) is 22.4. The van der Waals surface area contributed by atoms with Crippen LogP contribution in [0.2, 0.25) is 0 Å². The standard InChI is InChI=1S/C24H31N7O3/c1-33-19-10-9-16(12-20(19)34-2)13-25-22-21-23(31(15-26-21)18-7-3-4-8-18)28-24(27-22)30-11-5-6-17(14-30)29-32/h9-10,12,15,17-18H,3-8,11,13-14H2,1-2H3,(H,25,27,28). The molecule has 5 rings (SSSR count). The Balaban J connectivity index is 1.48. The predicted octanol–water partition coefficient (Wildman–Crippen LogP) is 4.31. The summed E-state index contributed by atoms with van der Waals surface area (Å²) in [5, 5.41) is 6.75. The van der Waals surface area contributed by atoms with Crippen molar-refractivity contribution < 1.29 is 9.47 Å². The first-order chi connectivity index (χ1) is 16.7. The summed E-state index contributed by atoms with van der Waals surface area (Å²) in [6, 6.07) is 6.03. The first-order valence-corrected chi connectivity index (χ1v) is 12.0. The van der Waals surface area contributed by atoms with Gasteiger partial charge in [0.15, 0.2) is 28.5 Å². The van der Waals surface area contributed by atoms with Crippen molar-refractivity contribution in [1.29, 1.82) is 0 Å². The average molecular weight is 466 g/mol. The molecule has 2 aliphatic rings. The summed E-state index contributed by atoms with van der Waals surface area (Å²) in [6.07, 6.45) is 8.34. The Morgan fingerprint density at radius 3 is 2.68 bits per heavy atom. The number of methoxy groups -OCH3 is 2. The van der Waals surface area contributed by atoms with Gasteiger partial charge in [0.1, 0.15) is 6.04 Å². The lowest BCUT2D eigenvalue weighted by molar-refractivity contribution is 0.354. The number of imidazole rings is 1. The van der Waals surface area contributed by atoms with Crippen LogP contribution in [0.3, 0.4) is 0 Å². The van der Waals surface area contributed by atoms with Gasteiger partial charge in [0.25, 0.3) is 0 Å². The number of nitrogens with zero attached hydrogens (tertiary/aromatic N) is 6. The Hall–Kier alpha value is -3.43. The number of hydrogen-bond acceptors (Lipinski definition) is 9. The van der Waals surface area contributed by atoms with Crippen molar-refractivity contribution in [2.45, 2.75) is 57.2 Å². The van der Waals surface area contributed by atoms with E-state index in [1.54, 1.807) is 14.2 Å². The quantitative estimate of drug-likeness (QED) is 0.491. The fourth-order valence-corrected chi connectivity index (χ4v) is 5.02. The maximum Gasteiger partial charge on any atom is 0.229 e. The molecule has 10 nitrogen and oxygen atoms in total. The van der Waals surface area contributed by atoms with E-state index in [0.717, 1.165) is 49.0 Å². The molecule has 2 aromatic heterocycles. The smallest absolute Gasteiger partial charge is 0.229 e. The number of nitroso groups, excluding NO2 is 1. The lowest BCUT2D eigenvalue weighted by Crippen LogP contribution is -2.38. The summed E-state index contributed by atoms with van der Waals surface area (Å²) in [7, 11) is 3.26. The predicted molar refractivity (Wildman–Crippen MR) is 131 cm³/mol. The summed E-state index contributed by atoms with van der Waals surface area (Å²) >= 11 is 0.